The molecule has 2 fully saturated rings. The molecule has 1 aliphatic heterocycles. The van der Waals surface area contributed by atoms with Crippen LogP contribution in [-0.2, 0) is 9.53 Å². The van der Waals surface area contributed by atoms with Gasteiger partial charge >= 0.3 is 0 Å². The summed E-state index contributed by atoms with van der Waals surface area (Å²) in [6.45, 7) is 5.43. The number of ketones is 1. The quantitative estimate of drug-likeness (QED) is 0.729. The normalized spacial score (nSPS) is 31.9. The highest BCUT2D eigenvalue weighted by molar-refractivity contribution is 5.82. The van der Waals surface area contributed by atoms with E-state index in [-0.39, 0.29) is 5.41 Å². The molecule has 0 aromatic rings. The third-order valence-electron chi connectivity index (χ3n) is 4.62. The molecule has 2 heteroatoms. The Labute approximate surface area is 105 Å². The van der Waals surface area contributed by atoms with Crippen molar-refractivity contribution in [2.24, 2.45) is 11.3 Å². The first kappa shape index (κ1) is 13.1. The number of Topliss-reactive ketones (excluding diaryl/α,β-unsaturated/α-hetero) is 1. The maximum Gasteiger partial charge on any atom is 0.136 e. The Bertz CT molecular complexity index is 264. The van der Waals surface area contributed by atoms with Gasteiger partial charge in [0.15, 0.2) is 0 Å². The molecule has 1 saturated carbocycles. The number of hydrogen-bond acceptors (Lipinski definition) is 2. The molecule has 1 heterocycles. The second-order valence-electron chi connectivity index (χ2n) is 6.43. The zero-order valence-electron chi connectivity index (χ0n) is 11.3. The maximum atomic E-state index is 12.2. The van der Waals surface area contributed by atoms with E-state index < -0.39 is 0 Å². The van der Waals surface area contributed by atoms with Crippen LogP contribution in [0.1, 0.15) is 65.2 Å². The van der Waals surface area contributed by atoms with Crippen molar-refractivity contribution >= 4 is 5.78 Å². The number of carbonyl (C=O) groups excluding carboxylic acids is 1. The van der Waals surface area contributed by atoms with E-state index in [1.165, 1.54) is 25.7 Å². The number of rotatable bonds is 5. The van der Waals surface area contributed by atoms with E-state index in [1.54, 1.807) is 0 Å². The Morgan fingerprint density at radius 3 is 2.71 bits per heavy atom. The van der Waals surface area contributed by atoms with Crippen molar-refractivity contribution in [1.82, 2.24) is 0 Å². The van der Waals surface area contributed by atoms with Gasteiger partial charge in [0.05, 0.1) is 6.10 Å². The molecule has 2 aliphatic rings. The van der Waals surface area contributed by atoms with Gasteiger partial charge in [-0.2, -0.15) is 0 Å². The first-order valence-corrected chi connectivity index (χ1v) is 7.24. The van der Waals surface area contributed by atoms with Crippen LogP contribution < -0.4 is 0 Å². The molecule has 2 nitrogen and oxygen atoms in total. The van der Waals surface area contributed by atoms with Crippen LogP contribution in [0.15, 0.2) is 0 Å². The van der Waals surface area contributed by atoms with Crippen LogP contribution in [0.5, 0.6) is 0 Å². The van der Waals surface area contributed by atoms with E-state index in [0.29, 0.717) is 17.8 Å². The molecule has 0 N–H and O–H groups in total. The molecule has 0 aromatic heterocycles. The number of carbonyl (C=O) groups is 1. The van der Waals surface area contributed by atoms with E-state index in [2.05, 4.69) is 13.8 Å². The van der Waals surface area contributed by atoms with Gasteiger partial charge in [-0.15, -0.1) is 0 Å². The van der Waals surface area contributed by atoms with E-state index >= 15 is 0 Å². The molecule has 1 aliphatic carbocycles. The Kier molecular flexibility index (Phi) is 4.24. The second-order valence-corrected chi connectivity index (χ2v) is 6.43. The molecule has 98 valence electrons. The summed E-state index contributed by atoms with van der Waals surface area (Å²) in [5.41, 5.74) is 0.251. The summed E-state index contributed by atoms with van der Waals surface area (Å²) in [6, 6.07) is 0. The van der Waals surface area contributed by atoms with Gasteiger partial charge in [-0.1, -0.05) is 20.3 Å². The monoisotopic (exact) mass is 238 g/mol. The standard InChI is InChI=1S/C15H26O2/c1-15(2)10-4-8-13(15)14(16)9-3-6-12-7-5-11-17-12/h12-13H,3-11H2,1-2H3. The van der Waals surface area contributed by atoms with Gasteiger partial charge in [-0.25, -0.2) is 0 Å². The lowest BCUT2D eigenvalue weighted by Gasteiger charge is -2.25. The molecular formula is C15H26O2. The molecule has 0 aromatic carbocycles. The van der Waals surface area contributed by atoms with Gasteiger partial charge in [0, 0.05) is 18.9 Å². The molecule has 0 radical (unpaired) electrons. The molecule has 0 amide bonds. The summed E-state index contributed by atoms with van der Waals surface area (Å²) < 4.78 is 5.59. The van der Waals surface area contributed by atoms with Gasteiger partial charge in [0.2, 0.25) is 0 Å². The van der Waals surface area contributed by atoms with E-state index in [9.17, 15) is 4.79 Å². The molecule has 17 heavy (non-hydrogen) atoms. The zero-order chi connectivity index (χ0) is 12.3. The minimum absolute atomic E-state index is 0.251. The summed E-state index contributed by atoms with van der Waals surface area (Å²) in [5, 5.41) is 0. The topological polar surface area (TPSA) is 26.3 Å². The van der Waals surface area contributed by atoms with E-state index in [1.807, 2.05) is 0 Å². The van der Waals surface area contributed by atoms with Crippen molar-refractivity contribution in [1.29, 1.82) is 0 Å². The summed E-state index contributed by atoms with van der Waals surface area (Å²) in [7, 11) is 0. The third kappa shape index (κ3) is 3.31. The average Bonchev–Trinajstić information content (AvgIpc) is 2.87. The fourth-order valence-corrected chi connectivity index (χ4v) is 3.47. The van der Waals surface area contributed by atoms with Gasteiger partial charge in [0.1, 0.15) is 5.78 Å². The molecule has 2 atom stereocenters. The third-order valence-corrected chi connectivity index (χ3v) is 4.62. The molecular weight excluding hydrogens is 212 g/mol. The van der Waals surface area contributed by atoms with Crippen molar-refractivity contribution in [3.05, 3.63) is 0 Å². The minimum atomic E-state index is 0.251. The Balaban J connectivity index is 1.70. The maximum absolute atomic E-state index is 12.2. The van der Waals surface area contributed by atoms with E-state index in [0.717, 1.165) is 32.3 Å². The predicted octanol–water partition coefficient (Wildman–Crippen LogP) is 3.73. The van der Waals surface area contributed by atoms with Crippen LogP contribution in [-0.4, -0.2) is 18.5 Å². The lowest BCUT2D eigenvalue weighted by molar-refractivity contribution is -0.125. The SMILES string of the molecule is CC1(C)CCCC1C(=O)CCCC1CCCO1. The number of ether oxygens (including phenoxy) is 1. The van der Waals surface area contributed by atoms with Gasteiger partial charge < -0.3 is 4.74 Å². The van der Waals surface area contributed by atoms with Crippen LogP contribution in [0.25, 0.3) is 0 Å². The van der Waals surface area contributed by atoms with Crippen LogP contribution in [0, 0.1) is 11.3 Å². The Hall–Kier alpha value is -0.370. The van der Waals surface area contributed by atoms with Crippen molar-refractivity contribution in [2.75, 3.05) is 6.61 Å². The van der Waals surface area contributed by atoms with Crippen molar-refractivity contribution in [3.63, 3.8) is 0 Å². The van der Waals surface area contributed by atoms with Crippen molar-refractivity contribution < 1.29 is 9.53 Å². The Morgan fingerprint density at radius 2 is 2.12 bits per heavy atom. The Morgan fingerprint density at radius 1 is 1.29 bits per heavy atom. The molecule has 0 spiro atoms. The smallest absolute Gasteiger partial charge is 0.136 e. The van der Waals surface area contributed by atoms with Gasteiger partial charge in [-0.3, -0.25) is 4.79 Å². The largest absolute Gasteiger partial charge is 0.378 e. The lowest BCUT2D eigenvalue weighted by Crippen LogP contribution is -2.25. The highest BCUT2D eigenvalue weighted by Gasteiger charge is 2.38. The minimum Gasteiger partial charge on any atom is -0.378 e. The first-order chi connectivity index (χ1) is 8.09. The molecule has 1 saturated heterocycles. The summed E-state index contributed by atoms with van der Waals surface area (Å²) in [4.78, 5) is 12.2. The first-order valence-electron chi connectivity index (χ1n) is 7.24. The molecule has 0 bridgehead atoms. The van der Waals surface area contributed by atoms with Gasteiger partial charge in [-0.05, 0) is 43.9 Å². The lowest BCUT2D eigenvalue weighted by atomic mass is 9.78. The van der Waals surface area contributed by atoms with Crippen molar-refractivity contribution in [2.45, 2.75) is 71.3 Å². The van der Waals surface area contributed by atoms with Crippen LogP contribution in [0.2, 0.25) is 0 Å². The predicted molar refractivity (Wildman–Crippen MR) is 69.0 cm³/mol. The zero-order valence-corrected chi connectivity index (χ0v) is 11.3. The van der Waals surface area contributed by atoms with Crippen molar-refractivity contribution in [3.8, 4) is 0 Å². The number of hydrogen-bond donors (Lipinski definition) is 0. The fourth-order valence-electron chi connectivity index (χ4n) is 3.47. The van der Waals surface area contributed by atoms with Crippen LogP contribution >= 0.6 is 0 Å². The molecule has 2 unspecified atom stereocenters. The van der Waals surface area contributed by atoms with Crippen LogP contribution in [0.3, 0.4) is 0 Å². The fraction of sp³-hybridized carbons (Fsp3) is 0.933. The molecule has 2 rings (SSSR count). The van der Waals surface area contributed by atoms with Gasteiger partial charge in [0.25, 0.3) is 0 Å². The second kappa shape index (κ2) is 5.51. The summed E-state index contributed by atoms with van der Waals surface area (Å²) in [5.74, 6) is 0.831. The van der Waals surface area contributed by atoms with Crippen LogP contribution in [0.4, 0.5) is 0 Å². The van der Waals surface area contributed by atoms with E-state index in [4.69, 9.17) is 4.74 Å². The summed E-state index contributed by atoms with van der Waals surface area (Å²) >= 11 is 0. The highest BCUT2D eigenvalue weighted by Crippen LogP contribution is 2.43. The summed E-state index contributed by atoms with van der Waals surface area (Å²) in [6.07, 6.45) is 9.29. The average molecular weight is 238 g/mol. The highest BCUT2D eigenvalue weighted by atomic mass is 16.5.